The molecule has 1 saturated carbocycles. The van der Waals surface area contributed by atoms with Gasteiger partial charge in [-0.05, 0) is 25.7 Å². The van der Waals surface area contributed by atoms with Crippen LogP contribution in [-0.4, -0.2) is 40.5 Å². The lowest BCUT2D eigenvalue weighted by molar-refractivity contribution is -0.138. The summed E-state index contributed by atoms with van der Waals surface area (Å²) in [4.78, 5) is 26.2. The molecule has 1 aliphatic carbocycles. The second-order valence-electron chi connectivity index (χ2n) is 6.78. The number of rotatable bonds is 4. The van der Waals surface area contributed by atoms with Gasteiger partial charge in [0.25, 0.3) is 5.91 Å². The third-order valence-electron chi connectivity index (χ3n) is 5.05. The van der Waals surface area contributed by atoms with Crippen molar-refractivity contribution < 1.29 is 14.1 Å². The first-order valence-electron chi connectivity index (χ1n) is 8.83. The summed E-state index contributed by atoms with van der Waals surface area (Å²) in [6.45, 7) is 0.855. The zero-order valence-electron chi connectivity index (χ0n) is 14.0. The highest BCUT2D eigenvalue weighted by Gasteiger charge is 2.37. The van der Waals surface area contributed by atoms with Crippen LogP contribution in [0, 0.1) is 0 Å². The zero-order valence-corrected chi connectivity index (χ0v) is 14.0. The third kappa shape index (κ3) is 3.29. The number of piperidine rings is 1. The third-order valence-corrected chi connectivity index (χ3v) is 5.05. The summed E-state index contributed by atoms with van der Waals surface area (Å²) in [5.74, 6) is 0.612. The van der Waals surface area contributed by atoms with Crippen LogP contribution >= 0.6 is 0 Å². The van der Waals surface area contributed by atoms with Crippen LogP contribution in [0.2, 0.25) is 0 Å². The Labute approximate surface area is 146 Å². The van der Waals surface area contributed by atoms with E-state index >= 15 is 0 Å². The molecule has 130 valence electrons. The molecule has 6 heteroatoms. The smallest absolute Gasteiger partial charge is 0.273 e. The van der Waals surface area contributed by atoms with Gasteiger partial charge in [-0.15, -0.1) is 0 Å². The van der Waals surface area contributed by atoms with E-state index in [1.165, 1.54) is 0 Å². The number of aromatic nitrogens is 1. The first-order valence-corrected chi connectivity index (χ1v) is 8.83. The van der Waals surface area contributed by atoms with Gasteiger partial charge in [-0.1, -0.05) is 35.5 Å². The first-order chi connectivity index (χ1) is 12.2. The summed E-state index contributed by atoms with van der Waals surface area (Å²) in [7, 11) is 0. The van der Waals surface area contributed by atoms with E-state index in [0.717, 1.165) is 37.8 Å². The van der Waals surface area contributed by atoms with Crippen molar-refractivity contribution in [3.05, 3.63) is 42.1 Å². The Bertz CT molecular complexity index is 765. The van der Waals surface area contributed by atoms with E-state index in [9.17, 15) is 9.59 Å². The van der Waals surface area contributed by atoms with E-state index in [1.807, 2.05) is 35.2 Å². The molecule has 2 amide bonds. The second kappa shape index (κ2) is 6.70. The van der Waals surface area contributed by atoms with Crippen LogP contribution in [-0.2, 0) is 4.79 Å². The topological polar surface area (TPSA) is 75.4 Å². The molecule has 4 rings (SSSR count). The summed E-state index contributed by atoms with van der Waals surface area (Å²) in [5.41, 5.74) is 1.18. The molecule has 2 heterocycles. The summed E-state index contributed by atoms with van der Waals surface area (Å²) < 4.78 is 5.27. The highest BCUT2D eigenvalue weighted by atomic mass is 16.5. The van der Waals surface area contributed by atoms with Crippen LogP contribution in [0.5, 0.6) is 0 Å². The molecule has 2 fully saturated rings. The fourth-order valence-electron chi connectivity index (χ4n) is 3.55. The van der Waals surface area contributed by atoms with Crippen LogP contribution in [0.3, 0.4) is 0 Å². The number of hydrogen-bond donors (Lipinski definition) is 1. The van der Waals surface area contributed by atoms with E-state index in [4.69, 9.17) is 4.52 Å². The number of nitrogens with one attached hydrogen (secondary N) is 1. The van der Waals surface area contributed by atoms with E-state index in [-0.39, 0.29) is 29.6 Å². The maximum absolute atomic E-state index is 12.3. The fraction of sp³-hybridized carbons (Fsp3) is 0.421. The van der Waals surface area contributed by atoms with Gasteiger partial charge in [0.05, 0.1) is 0 Å². The van der Waals surface area contributed by atoms with Crippen LogP contribution in [0.1, 0.15) is 42.6 Å². The molecular weight excluding hydrogens is 318 g/mol. The molecule has 2 aromatic rings. The van der Waals surface area contributed by atoms with Gasteiger partial charge in [0.15, 0.2) is 11.5 Å². The number of amides is 2. The SMILES string of the molecule is O=C(NC1CC(N2CCCCC2=O)C1)c1cc(-c2ccccc2)on1. The minimum Gasteiger partial charge on any atom is -0.355 e. The monoisotopic (exact) mass is 339 g/mol. The average molecular weight is 339 g/mol. The Kier molecular flexibility index (Phi) is 4.26. The molecule has 0 spiro atoms. The molecule has 1 saturated heterocycles. The molecule has 0 unspecified atom stereocenters. The Balaban J connectivity index is 1.32. The van der Waals surface area contributed by atoms with Crippen LogP contribution < -0.4 is 5.32 Å². The largest absolute Gasteiger partial charge is 0.355 e. The zero-order chi connectivity index (χ0) is 17.2. The van der Waals surface area contributed by atoms with Gasteiger partial charge in [-0.25, -0.2) is 0 Å². The van der Waals surface area contributed by atoms with Gasteiger partial charge in [-0.3, -0.25) is 9.59 Å². The lowest BCUT2D eigenvalue weighted by Crippen LogP contribution is -2.56. The van der Waals surface area contributed by atoms with E-state index in [2.05, 4.69) is 10.5 Å². The number of benzene rings is 1. The molecule has 1 aromatic heterocycles. The van der Waals surface area contributed by atoms with E-state index in [1.54, 1.807) is 6.07 Å². The van der Waals surface area contributed by atoms with Crippen molar-refractivity contribution in [2.24, 2.45) is 0 Å². The molecule has 25 heavy (non-hydrogen) atoms. The molecule has 0 bridgehead atoms. The number of likely N-dealkylation sites (tertiary alicyclic amines) is 1. The number of carbonyl (C=O) groups excluding carboxylic acids is 2. The Morgan fingerprint density at radius 3 is 2.76 bits per heavy atom. The lowest BCUT2D eigenvalue weighted by Gasteiger charge is -2.44. The predicted octanol–water partition coefficient (Wildman–Crippen LogP) is 2.61. The summed E-state index contributed by atoms with van der Waals surface area (Å²) >= 11 is 0. The van der Waals surface area contributed by atoms with Gasteiger partial charge in [-0.2, -0.15) is 0 Å². The van der Waals surface area contributed by atoms with Crippen molar-refractivity contribution in [1.29, 1.82) is 0 Å². The second-order valence-corrected chi connectivity index (χ2v) is 6.78. The van der Waals surface area contributed by atoms with Crippen molar-refractivity contribution in [1.82, 2.24) is 15.4 Å². The normalized spacial score (nSPS) is 23.2. The fourth-order valence-corrected chi connectivity index (χ4v) is 3.55. The maximum Gasteiger partial charge on any atom is 0.273 e. The predicted molar refractivity (Wildman–Crippen MR) is 91.8 cm³/mol. The Morgan fingerprint density at radius 2 is 2.00 bits per heavy atom. The molecule has 1 aliphatic heterocycles. The van der Waals surface area contributed by atoms with Gasteiger partial charge >= 0.3 is 0 Å². The van der Waals surface area contributed by atoms with Crippen molar-refractivity contribution in [3.8, 4) is 11.3 Å². The molecule has 1 N–H and O–H groups in total. The Hall–Kier alpha value is -2.63. The lowest BCUT2D eigenvalue weighted by atomic mass is 9.84. The molecule has 0 radical (unpaired) electrons. The van der Waals surface area contributed by atoms with Gasteiger partial charge in [0.1, 0.15) is 0 Å². The van der Waals surface area contributed by atoms with Gasteiger partial charge in [0.2, 0.25) is 5.91 Å². The van der Waals surface area contributed by atoms with Gasteiger partial charge in [0, 0.05) is 36.7 Å². The van der Waals surface area contributed by atoms with Crippen LogP contribution in [0.25, 0.3) is 11.3 Å². The number of nitrogens with zero attached hydrogens (tertiary/aromatic N) is 2. The number of hydrogen-bond acceptors (Lipinski definition) is 4. The minimum atomic E-state index is -0.223. The van der Waals surface area contributed by atoms with E-state index < -0.39 is 0 Å². The van der Waals surface area contributed by atoms with Crippen molar-refractivity contribution in [2.75, 3.05) is 6.54 Å². The minimum absolute atomic E-state index is 0.101. The first kappa shape index (κ1) is 15.9. The summed E-state index contributed by atoms with van der Waals surface area (Å²) in [5, 5.41) is 6.86. The van der Waals surface area contributed by atoms with Crippen molar-refractivity contribution in [2.45, 2.75) is 44.2 Å². The van der Waals surface area contributed by atoms with Crippen LogP contribution in [0.15, 0.2) is 40.9 Å². The highest BCUT2D eigenvalue weighted by Crippen LogP contribution is 2.29. The summed E-state index contributed by atoms with van der Waals surface area (Å²) in [6, 6.07) is 11.6. The standard InChI is InChI=1S/C19H21N3O3/c23-18-8-4-5-9-22(18)15-10-14(11-15)20-19(24)16-12-17(25-21-16)13-6-2-1-3-7-13/h1-3,6-7,12,14-15H,4-5,8-11H2,(H,20,24). The maximum atomic E-state index is 12.3. The van der Waals surface area contributed by atoms with Gasteiger partial charge < -0.3 is 14.7 Å². The highest BCUT2D eigenvalue weighted by molar-refractivity contribution is 5.93. The molecular formula is C19H21N3O3. The molecule has 0 atom stereocenters. The molecule has 6 nitrogen and oxygen atoms in total. The Morgan fingerprint density at radius 1 is 1.20 bits per heavy atom. The average Bonchev–Trinajstić information content (AvgIpc) is 3.09. The van der Waals surface area contributed by atoms with E-state index in [0.29, 0.717) is 12.2 Å². The summed E-state index contributed by atoms with van der Waals surface area (Å²) in [6.07, 6.45) is 4.38. The molecule has 2 aliphatic rings. The van der Waals surface area contributed by atoms with Crippen LogP contribution in [0.4, 0.5) is 0 Å². The number of carbonyl (C=O) groups is 2. The quantitative estimate of drug-likeness (QED) is 0.929. The molecule has 1 aromatic carbocycles. The van der Waals surface area contributed by atoms with Crippen molar-refractivity contribution >= 4 is 11.8 Å². The van der Waals surface area contributed by atoms with Crippen molar-refractivity contribution in [3.63, 3.8) is 0 Å².